The topological polar surface area (TPSA) is 106 Å². The second-order valence-electron chi connectivity index (χ2n) is 5.66. The van der Waals surface area contributed by atoms with Crippen molar-refractivity contribution in [3.63, 3.8) is 0 Å². The Labute approximate surface area is 120 Å². The third-order valence-corrected chi connectivity index (χ3v) is 3.56. The highest BCUT2D eigenvalue weighted by Gasteiger charge is 2.57. The van der Waals surface area contributed by atoms with Crippen LogP contribution in [0.15, 0.2) is 17.1 Å². The molecule has 2 aliphatic rings. The average molecular weight is 295 g/mol. The molecule has 1 aromatic heterocycles. The van der Waals surface area contributed by atoms with Crippen LogP contribution in [0.4, 0.5) is 5.82 Å². The van der Waals surface area contributed by atoms with E-state index in [0.29, 0.717) is 0 Å². The fraction of sp³-hybridized carbons (Fsp3) is 0.615. The van der Waals surface area contributed by atoms with Crippen LogP contribution in [0.1, 0.15) is 27.0 Å². The highest BCUT2D eigenvalue weighted by molar-refractivity contribution is 5.81. The summed E-state index contributed by atoms with van der Waals surface area (Å²) >= 11 is 0. The molecule has 2 N–H and O–H groups in total. The zero-order valence-corrected chi connectivity index (χ0v) is 12.0. The van der Waals surface area contributed by atoms with E-state index >= 15 is 0 Å². The molecular formula is C13H17N3O5. The highest BCUT2D eigenvalue weighted by Crippen LogP contribution is 2.42. The van der Waals surface area contributed by atoms with Gasteiger partial charge in [0.25, 0.3) is 0 Å². The SMILES string of the molecule is CC(=O)[C@H]1O[C@@H](n2ccc(N)nc2=O)C2OC(C)(C)O[C@H]21. The first-order chi connectivity index (χ1) is 9.78. The van der Waals surface area contributed by atoms with Gasteiger partial charge in [0.1, 0.15) is 24.1 Å². The number of carbonyl (C=O) groups is 1. The van der Waals surface area contributed by atoms with Crippen molar-refractivity contribution in [2.45, 2.75) is 51.1 Å². The quantitative estimate of drug-likeness (QED) is 0.807. The molecule has 2 aliphatic heterocycles. The molecule has 8 heteroatoms. The van der Waals surface area contributed by atoms with Gasteiger partial charge in [-0.25, -0.2) is 4.79 Å². The van der Waals surface area contributed by atoms with Crippen LogP contribution >= 0.6 is 0 Å². The first kappa shape index (κ1) is 14.2. The van der Waals surface area contributed by atoms with Crippen molar-refractivity contribution in [1.82, 2.24) is 9.55 Å². The van der Waals surface area contributed by atoms with E-state index < -0.39 is 36.0 Å². The van der Waals surface area contributed by atoms with Crippen molar-refractivity contribution in [2.24, 2.45) is 0 Å². The summed E-state index contributed by atoms with van der Waals surface area (Å²) < 4.78 is 18.5. The zero-order valence-electron chi connectivity index (χ0n) is 12.0. The largest absolute Gasteiger partial charge is 0.383 e. The second-order valence-corrected chi connectivity index (χ2v) is 5.66. The minimum Gasteiger partial charge on any atom is -0.383 e. The summed E-state index contributed by atoms with van der Waals surface area (Å²) in [5.74, 6) is -0.890. The maximum atomic E-state index is 12.0. The molecule has 0 amide bonds. The summed E-state index contributed by atoms with van der Waals surface area (Å²) in [4.78, 5) is 27.4. The maximum Gasteiger partial charge on any atom is 0.351 e. The normalized spacial score (nSPS) is 33.9. The van der Waals surface area contributed by atoms with Crippen molar-refractivity contribution >= 4 is 11.6 Å². The number of anilines is 1. The van der Waals surface area contributed by atoms with Crippen LogP contribution in [0.3, 0.4) is 0 Å². The van der Waals surface area contributed by atoms with Crippen LogP contribution in [0, 0.1) is 0 Å². The number of ketones is 1. The fourth-order valence-corrected chi connectivity index (χ4v) is 2.75. The van der Waals surface area contributed by atoms with E-state index in [2.05, 4.69) is 4.98 Å². The Balaban J connectivity index is 1.99. The third kappa shape index (κ3) is 2.35. The molecule has 0 bridgehead atoms. The lowest BCUT2D eigenvalue weighted by molar-refractivity contribution is -0.197. The van der Waals surface area contributed by atoms with Crippen LogP contribution in [-0.4, -0.2) is 39.4 Å². The molecule has 4 atom stereocenters. The van der Waals surface area contributed by atoms with Crippen LogP contribution < -0.4 is 11.4 Å². The van der Waals surface area contributed by atoms with Crippen LogP contribution in [-0.2, 0) is 19.0 Å². The van der Waals surface area contributed by atoms with Gasteiger partial charge in [-0.3, -0.25) is 9.36 Å². The van der Waals surface area contributed by atoms with Gasteiger partial charge in [0.2, 0.25) is 0 Å². The molecule has 0 spiro atoms. The summed E-state index contributed by atoms with van der Waals surface area (Å²) in [6.07, 6.45) is -1.18. The number of rotatable bonds is 2. The van der Waals surface area contributed by atoms with Crippen molar-refractivity contribution < 1.29 is 19.0 Å². The van der Waals surface area contributed by atoms with Gasteiger partial charge in [-0.2, -0.15) is 4.98 Å². The Morgan fingerprint density at radius 3 is 2.67 bits per heavy atom. The lowest BCUT2D eigenvalue weighted by Gasteiger charge is -2.24. The number of Topliss-reactive ketones (excluding diaryl/α,β-unsaturated/α-hetero) is 1. The van der Waals surface area contributed by atoms with Gasteiger partial charge >= 0.3 is 5.69 Å². The predicted octanol–water partition coefficient (Wildman–Crippen LogP) is -0.168. The second kappa shape index (κ2) is 4.62. The van der Waals surface area contributed by atoms with Gasteiger partial charge in [0, 0.05) is 6.20 Å². The van der Waals surface area contributed by atoms with Gasteiger partial charge < -0.3 is 19.9 Å². The Kier molecular flexibility index (Phi) is 3.12. The summed E-state index contributed by atoms with van der Waals surface area (Å²) in [7, 11) is 0. The molecule has 0 aromatic carbocycles. The predicted molar refractivity (Wildman–Crippen MR) is 71.3 cm³/mol. The van der Waals surface area contributed by atoms with E-state index in [1.807, 2.05) is 0 Å². The molecule has 2 fully saturated rings. The molecule has 1 unspecified atom stereocenters. The molecule has 3 heterocycles. The zero-order chi connectivity index (χ0) is 15.4. The van der Waals surface area contributed by atoms with E-state index in [0.717, 1.165) is 0 Å². The molecular weight excluding hydrogens is 278 g/mol. The number of nitrogens with zero attached hydrogens (tertiary/aromatic N) is 2. The lowest BCUT2D eigenvalue weighted by Crippen LogP contribution is -2.35. The Morgan fingerprint density at radius 2 is 2.05 bits per heavy atom. The minimum atomic E-state index is -0.837. The van der Waals surface area contributed by atoms with Gasteiger partial charge in [-0.15, -0.1) is 0 Å². The van der Waals surface area contributed by atoms with Gasteiger partial charge in [-0.05, 0) is 26.8 Å². The number of nitrogens with two attached hydrogens (primary N) is 1. The molecule has 3 rings (SSSR count). The van der Waals surface area contributed by atoms with E-state index in [4.69, 9.17) is 19.9 Å². The standard InChI is InChI=1S/C13H17N3O5/c1-6(17)8-9-10(21-13(2,3)20-9)11(19-8)16-5-4-7(14)15-12(16)18/h4-5,8-11H,1-3H3,(H2,14,15,18)/t8-,9+,10?,11-/m1/s1. The Hall–Kier alpha value is -1.77. The van der Waals surface area contributed by atoms with Crippen molar-refractivity contribution in [3.05, 3.63) is 22.7 Å². The molecule has 0 aliphatic carbocycles. The van der Waals surface area contributed by atoms with E-state index in [9.17, 15) is 9.59 Å². The number of aromatic nitrogens is 2. The minimum absolute atomic E-state index is 0.123. The first-order valence-corrected chi connectivity index (χ1v) is 6.65. The number of hydrogen-bond donors (Lipinski definition) is 1. The van der Waals surface area contributed by atoms with Gasteiger partial charge in [0.15, 0.2) is 17.8 Å². The number of carbonyl (C=O) groups excluding carboxylic acids is 1. The number of fused-ring (bicyclic) bond motifs is 1. The van der Waals surface area contributed by atoms with Crippen molar-refractivity contribution in [2.75, 3.05) is 5.73 Å². The highest BCUT2D eigenvalue weighted by atomic mass is 16.8. The lowest BCUT2D eigenvalue weighted by atomic mass is 10.1. The Bertz CT molecular complexity index is 641. The smallest absolute Gasteiger partial charge is 0.351 e. The molecule has 1 aromatic rings. The monoisotopic (exact) mass is 295 g/mol. The summed E-state index contributed by atoms with van der Waals surface area (Å²) in [6.45, 7) is 4.93. The van der Waals surface area contributed by atoms with Crippen LogP contribution in [0.2, 0.25) is 0 Å². The van der Waals surface area contributed by atoms with Crippen molar-refractivity contribution in [3.8, 4) is 0 Å². The van der Waals surface area contributed by atoms with E-state index in [1.165, 1.54) is 23.8 Å². The first-order valence-electron chi connectivity index (χ1n) is 6.65. The number of nitrogen functional groups attached to an aromatic ring is 1. The molecule has 114 valence electrons. The van der Waals surface area contributed by atoms with Gasteiger partial charge in [0.05, 0.1) is 0 Å². The van der Waals surface area contributed by atoms with Crippen molar-refractivity contribution in [1.29, 1.82) is 0 Å². The molecule has 2 saturated heterocycles. The van der Waals surface area contributed by atoms with Crippen LogP contribution in [0.5, 0.6) is 0 Å². The maximum absolute atomic E-state index is 12.0. The summed E-state index contributed by atoms with van der Waals surface area (Å²) in [5.41, 5.74) is 4.92. The van der Waals surface area contributed by atoms with E-state index in [-0.39, 0.29) is 11.6 Å². The average Bonchev–Trinajstić information content (AvgIpc) is 2.82. The molecule has 0 saturated carbocycles. The summed E-state index contributed by atoms with van der Waals surface area (Å²) in [5, 5.41) is 0. The summed E-state index contributed by atoms with van der Waals surface area (Å²) in [6, 6.07) is 1.49. The molecule has 0 radical (unpaired) electrons. The van der Waals surface area contributed by atoms with Crippen LogP contribution in [0.25, 0.3) is 0 Å². The van der Waals surface area contributed by atoms with Gasteiger partial charge in [-0.1, -0.05) is 0 Å². The Morgan fingerprint density at radius 1 is 1.38 bits per heavy atom. The number of ether oxygens (including phenoxy) is 3. The molecule has 8 nitrogen and oxygen atoms in total. The third-order valence-electron chi connectivity index (χ3n) is 3.56. The van der Waals surface area contributed by atoms with E-state index in [1.54, 1.807) is 13.8 Å². The fourth-order valence-electron chi connectivity index (χ4n) is 2.75. The number of hydrogen-bond acceptors (Lipinski definition) is 7. The molecule has 21 heavy (non-hydrogen) atoms.